The number of β-amino-alcohol motifs (C(OH)–C–C–N with tert-alkyl or cyclic N) is 1. The summed E-state index contributed by atoms with van der Waals surface area (Å²) in [6, 6.07) is 5.09. The quantitative estimate of drug-likeness (QED) is 0.620. The minimum absolute atomic E-state index is 0.0284. The molecule has 1 aromatic rings. The molecule has 2 amide bonds. The monoisotopic (exact) mass is 522 g/mol. The standard InChI is InChI=1S/C26H36Cl2N4O3/c27-20-4-3-19(17-21(20)28)30-13-6-24(34)32(16-15-30)22(25(35)31-10-1-2-11-31)5-12-29-14-9-26(7-8-26)23(33)18-29/h3-4,17,22-23,33H,1-2,5-16,18H2/t22-,23+/m0/s1. The van der Waals surface area contributed by atoms with Crippen LogP contribution in [0.1, 0.15) is 44.9 Å². The lowest BCUT2D eigenvalue weighted by Crippen LogP contribution is -2.53. The van der Waals surface area contributed by atoms with Gasteiger partial charge in [-0.25, -0.2) is 0 Å². The molecule has 5 rings (SSSR count). The smallest absolute Gasteiger partial charge is 0.245 e. The predicted molar refractivity (Wildman–Crippen MR) is 138 cm³/mol. The highest BCUT2D eigenvalue weighted by atomic mass is 35.5. The van der Waals surface area contributed by atoms with Gasteiger partial charge in [0, 0.05) is 57.9 Å². The molecule has 4 fully saturated rings. The largest absolute Gasteiger partial charge is 0.391 e. The first-order valence-electron chi connectivity index (χ1n) is 13.0. The van der Waals surface area contributed by atoms with Gasteiger partial charge in [-0.05, 0) is 68.7 Å². The highest BCUT2D eigenvalue weighted by molar-refractivity contribution is 6.42. The van der Waals surface area contributed by atoms with Crippen LogP contribution >= 0.6 is 23.2 Å². The molecule has 1 aliphatic carbocycles. The average Bonchev–Trinajstić information content (AvgIpc) is 3.47. The lowest BCUT2D eigenvalue weighted by atomic mass is 9.90. The molecule has 1 spiro atoms. The molecule has 0 aromatic heterocycles. The van der Waals surface area contributed by atoms with Crippen molar-refractivity contribution in [2.75, 3.05) is 57.3 Å². The number of benzene rings is 1. The molecule has 4 aliphatic rings. The van der Waals surface area contributed by atoms with Gasteiger partial charge < -0.3 is 24.7 Å². The summed E-state index contributed by atoms with van der Waals surface area (Å²) in [5.41, 5.74) is 1.10. The first-order chi connectivity index (χ1) is 16.9. The van der Waals surface area contributed by atoms with Crippen LogP contribution in [0, 0.1) is 5.41 Å². The number of carbonyl (C=O) groups excluding carboxylic acids is 2. The van der Waals surface area contributed by atoms with E-state index in [1.807, 2.05) is 21.9 Å². The zero-order chi connectivity index (χ0) is 24.6. The summed E-state index contributed by atoms with van der Waals surface area (Å²) in [7, 11) is 0. The van der Waals surface area contributed by atoms with Crippen molar-refractivity contribution in [3.63, 3.8) is 0 Å². The second kappa shape index (κ2) is 10.4. The lowest BCUT2D eigenvalue weighted by molar-refractivity contribution is -0.145. The minimum atomic E-state index is -0.455. The fourth-order valence-electron chi connectivity index (χ4n) is 6.00. The molecule has 3 heterocycles. The van der Waals surface area contributed by atoms with Crippen LogP contribution in [0.15, 0.2) is 18.2 Å². The first kappa shape index (κ1) is 25.1. The third-order valence-electron chi connectivity index (χ3n) is 8.55. The number of aliphatic hydroxyl groups is 1. The molecule has 1 aromatic carbocycles. The van der Waals surface area contributed by atoms with Crippen LogP contribution in [0.2, 0.25) is 10.0 Å². The SMILES string of the molecule is O=C([C@H](CCN1CCC2(CC2)[C@H](O)C1)N1CCN(c2ccc(Cl)c(Cl)c2)CCC1=O)N1CCCC1. The Morgan fingerprint density at radius 1 is 1.03 bits per heavy atom. The average molecular weight is 524 g/mol. The van der Waals surface area contributed by atoms with E-state index in [-0.39, 0.29) is 23.3 Å². The van der Waals surface area contributed by atoms with Crippen molar-refractivity contribution < 1.29 is 14.7 Å². The number of likely N-dealkylation sites (tertiary alicyclic amines) is 2. The molecule has 1 N–H and O–H groups in total. The molecule has 0 radical (unpaired) electrons. The Labute approximate surface area is 217 Å². The maximum absolute atomic E-state index is 13.6. The number of rotatable bonds is 6. The van der Waals surface area contributed by atoms with Crippen molar-refractivity contribution in [1.29, 1.82) is 0 Å². The van der Waals surface area contributed by atoms with Crippen molar-refractivity contribution >= 4 is 40.7 Å². The number of anilines is 1. The second-order valence-corrected chi connectivity index (χ2v) is 11.5. The normalized spacial score (nSPS) is 25.7. The first-order valence-corrected chi connectivity index (χ1v) is 13.8. The third-order valence-corrected chi connectivity index (χ3v) is 9.29. The van der Waals surface area contributed by atoms with E-state index in [1.165, 1.54) is 0 Å². The fourth-order valence-corrected chi connectivity index (χ4v) is 6.29. The number of hydrogen-bond acceptors (Lipinski definition) is 5. The Morgan fingerprint density at radius 3 is 2.49 bits per heavy atom. The van der Waals surface area contributed by atoms with E-state index in [0.717, 1.165) is 64.0 Å². The summed E-state index contributed by atoms with van der Waals surface area (Å²) < 4.78 is 0. The molecule has 3 saturated heterocycles. The van der Waals surface area contributed by atoms with E-state index in [9.17, 15) is 14.7 Å². The lowest BCUT2D eigenvalue weighted by Gasteiger charge is -2.38. The Balaban J connectivity index is 1.28. The number of piperidine rings is 1. The summed E-state index contributed by atoms with van der Waals surface area (Å²) in [5, 5.41) is 11.6. The Kier molecular flexibility index (Phi) is 7.50. The van der Waals surface area contributed by atoms with Crippen molar-refractivity contribution in [2.45, 2.75) is 57.1 Å². The number of carbonyl (C=O) groups is 2. The summed E-state index contributed by atoms with van der Waals surface area (Å²) >= 11 is 12.3. The molecule has 2 atom stereocenters. The highest BCUT2D eigenvalue weighted by Gasteiger charge is 2.51. The Morgan fingerprint density at radius 2 is 1.80 bits per heavy atom. The van der Waals surface area contributed by atoms with Gasteiger partial charge in [-0.2, -0.15) is 0 Å². The number of hydrogen-bond donors (Lipinski definition) is 1. The summed E-state index contributed by atoms with van der Waals surface area (Å²) in [6.07, 6.45) is 6.03. The van der Waals surface area contributed by atoms with Crippen LogP contribution in [0.4, 0.5) is 5.69 Å². The molecule has 1 saturated carbocycles. The van der Waals surface area contributed by atoms with Crippen LogP contribution < -0.4 is 4.90 Å². The zero-order valence-electron chi connectivity index (χ0n) is 20.3. The van der Waals surface area contributed by atoms with Gasteiger partial charge in [0.05, 0.1) is 16.1 Å². The van der Waals surface area contributed by atoms with E-state index < -0.39 is 6.04 Å². The van der Waals surface area contributed by atoms with Crippen LogP contribution in [-0.4, -0.2) is 96.1 Å². The molecule has 7 nitrogen and oxygen atoms in total. The highest BCUT2D eigenvalue weighted by Crippen LogP contribution is 2.53. The van der Waals surface area contributed by atoms with E-state index >= 15 is 0 Å². The van der Waals surface area contributed by atoms with Crippen molar-refractivity contribution in [2.24, 2.45) is 5.41 Å². The molecule has 35 heavy (non-hydrogen) atoms. The van der Waals surface area contributed by atoms with Gasteiger partial charge >= 0.3 is 0 Å². The Bertz CT molecular complexity index is 951. The van der Waals surface area contributed by atoms with Gasteiger partial charge in [0.2, 0.25) is 11.8 Å². The third kappa shape index (κ3) is 5.43. The van der Waals surface area contributed by atoms with Crippen LogP contribution in [0.3, 0.4) is 0 Å². The maximum atomic E-state index is 13.6. The van der Waals surface area contributed by atoms with Crippen LogP contribution in [-0.2, 0) is 9.59 Å². The molecular formula is C26H36Cl2N4O3. The number of halogens is 2. The van der Waals surface area contributed by atoms with Gasteiger partial charge in [-0.3, -0.25) is 9.59 Å². The summed E-state index contributed by atoms with van der Waals surface area (Å²) in [4.78, 5) is 35.1. The van der Waals surface area contributed by atoms with Crippen molar-refractivity contribution in [3.8, 4) is 0 Å². The van der Waals surface area contributed by atoms with E-state index in [0.29, 0.717) is 49.1 Å². The van der Waals surface area contributed by atoms with Gasteiger partial charge in [-0.15, -0.1) is 0 Å². The van der Waals surface area contributed by atoms with Gasteiger partial charge in [0.1, 0.15) is 6.04 Å². The minimum Gasteiger partial charge on any atom is -0.391 e. The van der Waals surface area contributed by atoms with Crippen LogP contribution in [0.5, 0.6) is 0 Å². The number of aliphatic hydroxyl groups excluding tert-OH is 1. The second-order valence-electron chi connectivity index (χ2n) is 10.7. The number of amides is 2. The zero-order valence-corrected chi connectivity index (χ0v) is 21.8. The molecule has 9 heteroatoms. The summed E-state index contributed by atoms with van der Waals surface area (Å²) in [6.45, 7) is 5.61. The molecule has 192 valence electrons. The molecule has 0 unspecified atom stereocenters. The number of nitrogens with zero attached hydrogens (tertiary/aromatic N) is 4. The van der Waals surface area contributed by atoms with E-state index in [2.05, 4.69) is 9.80 Å². The predicted octanol–water partition coefficient (Wildman–Crippen LogP) is 3.26. The van der Waals surface area contributed by atoms with Crippen molar-refractivity contribution in [1.82, 2.24) is 14.7 Å². The maximum Gasteiger partial charge on any atom is 0.245 e. The van der Waals surface area contributed by atoms with E-state index in [1.54, 1.807) is 6.07 Å². The van der Waals surface area contributed by atoms with Gasteiger partial charge in [0.25, 0.3) is 0 Å². The fraction of sp³-hybridized carbons (Fsp3) is 0.692. The van der Waals surface area contributed by atoms with E-state index in [4.69, 9.17) is 23.2 Å². The van der Waals surface area contributed by atoms with Gasteiger partial charge in [-0.1, -0.05) is 23.2 Å². The van der Waals surface area contributed by atoms with Gasteiger partial charge in [0.15, 0.2) is 0 Å². The molecule has 3 aliphatic heterocycles. The Hall–Kier alpha value is -1.54. The summed E-state index contributed by atoms with van der Waals surface area (Å²) in [5.74, 6) is 0.107. The molecule has 0 bridgehead atoms. The van der Waals surface area contributed by atoms with Crippen molar-refractivity contribution in [3.05, 3.63) is 28.2 Å². The molecular weight excluding hydrogens is 487 g/mol. The van der Waals surface area contributed by atoms with Crippen LogP contribution in [0.25, 0.3) is 0 Å². The topological polar surface area (TPSA) is 67.3 Å².